The molecule has 0 aromatic heterocycles. The molecule has 1 amide bonds. The third-order valence-electron chi connectivity index (χ3n) is 4.22. The molecule has 23 heavy (non-hydrogen) atoms. The second-order valence-corrected chi connectivity index (χ2v) is 6.44. The van der Waals surface area contributed by atoms with Gasteiger partial charge in [0.2, 0.25) is 0 Å². The van der Waals surface area contributed by atoms with Gasteiger partial charge in [0.15, 0.2) is 0 Å². The highest BCUT2D eigenvalue weighted by Gasteiger charge is 2.12. The largest absolute Gasteiger partial charge is 0.372 e. The molecule has 0 saturated carbocycles. The van der Waals surface area contributed by atoms with E-state index in [1.165, 1.54) is 24.9 Å². The van der Waals surface area contributed by atoms with Gasteiger partial charge in [0, 0.05) is 24.5 Å². The molecule has 0 radical (unpaired) electrons. The lowest BCUT2D eigenvalue weighted by Gasteiger charge is -2.28. The lowest BCUT2D eigenvalue weighted by Crippen LogP contribution is -2.29. The number of carbonyl (C=O) groups excluding carboxylic acids is 1. The van der Waals surface area contributed by atoms with E-state index in [4.69, 9.17) is 11.6 Å². The summed E-state index contributed by atoms with van der Waals surface area (Å²) in [6.45, 7) is 4.18. The first-order chi connectivity index (χ1) is 11.1. The van der Waals surface area contributed by atoms with Crippen molar-refractivity contribution in [1.29, 1.82) is 0 Å². The quantitative estimate of drug-likeness (QED) is 0.870. The summed E-state index contributed by atoms with van der Waals surface area (Å²) in [6, 6.07) is 13.5. The second kappa shape index (κ2) is 7.05. The van der Waals surface area contributed by atoms with E-state index >= 15 is 0 Å². The molecule has 0 unspecified atom stereocenters. The molecule has 120 valence electrons. The van der Waals surface area contributed by atoms with Crippen molar-refractivity contribution in [1.82, 2.24) is 0 Å². The van der Waals surface area contributed by atoms with Gasteiger partial charge in [0.05, 0.1) is 10.6 Å². The van der Waals surface area contributed by atoms with E-state index < -0.39 is 0 Å². The summed E-state index contributed by atoms with van der Waals surface area (Å²) in [4.78, 5) is 14.7. The highest BCUT2D eigenvalue weighted by Crippen LogP contribution is 2.23. The fourth-order valence-corrected chi connectivity index (χ4v) is 3.23. The fraction of sp³-hybridized carbons (Fsp3) is 0.316. The van der Waals surface area contributed by atoms with E-state index in [0.29, 0.717) is 10.6 Å². The maximum absolute atomic E-state index is 12.3. The van der Waals surface area contributed by atoms with Crippen LogP contribution in [0, 0.1) is 6.92 Å². The molecule has 1 aliphatic rings. The molecule has 0 spiro atoms. The van der Waals surface area contributed by atoms with Crippen molar-refractivity contribution in [3.8, 4) is 0 Å². The van der Waals surface area contributed by atoms with Crippen molar-refractivity contribution in [2.75, 3.05) is 23.3 Å². The van der Waals surface area contributed by atoms with Crippen LogP contribution < -0.4 is 10.2 Å². The number of anilines is 2. The van der Waals surface area contributed by atoms with Gasteiger partial charge in [-0.1, -0.05) is 17.7 Å². The summed E-state index contributed by atoms with van der Waals surface area (Å²) < 4.78 is 0. The number of benzene rings is 2. The zero-order chi connectivity index (χ0) is 16.2. The lowest BCUT2D eigenvalue weighted by atomic mass is 10.1. The minimum Gasteiger partial charge on any atom is -0.372 e. The SMILES string of the molecule is Cc1ccc(C(=O)Nc2ccc(N3CCCCC3)cc2)c(Cl)c1. The molecule has 3 nitrogen and oxygen atoms in total. The van der Waals surface area contributed by atoms with E-state index in [-0.39, 0.29) is 5.91 Å². The molecule has 0 bridgehead atoms. The number of rotatable bonds is 3. The number of nitrogens with zero attached hydrogens (tertiary/aromatic N) is 1. The first kappa shape index (κ1) is 15.9. The van der Waals surface area contributed by atoms with Crippen LogP contribution >= 0.6 is 11.6 Å². The van der Waals surface area contributed by atoms with Crippen molar-refractivity contribution in [3.63, 3.8) is 0 Å². The lowest BCUT2D eigenvalue weighted by molar-refractivity contribution is 0.102. The first-order valence-electron chi connectivity index (χ1n) is 8.06. The number of hydrogen-bond acceptors (Lipinski definition) is 2. The fourth-order valence-electron chi connectivity index (χ4n) is 2.91. The summed E-state index contributed by atoms with van der Waals surface area (Å²) in [5.41, 5.74) is 3.54. The topological polar surface area (TPSA) is 32.3 Å². The van der Waals surface area contributed by atoms with E-state index in [1.54, 1.807) is 12.1 Å². The average molecular weight is 329 g/mol. The molecule has 1 N–H and O–H groups in total. The second-order valence-electron chi connectivity index (χ2n) is 6.03. The Labute approximate surface area is 142 Å². The molecule has 4 heteroatoms. The standard InChI is InChI=1S/C19H21ClN2O/c1-14-5-10-17(18(20)13-14)19(23)21-15-6-8-16(9-7-15)22-11-3-2-4-12-22/h5-10,13H,2-4,11-12H2,1H3,(H,21,23). The Hall–Kier alpha value is -2.00. The summed E-state index contributed by atoms with van der Waals surface area (Å²) >= 11 is 6.15. The predicted molar refractivity (Wildman–Crippen MR) is 96.6 cm³/mol. The molecular weight excluding hydrogens is 308 g/mol. The Kier molecular flexibility index (Phi) is 4.87. The smallest absolute Gasteiger partial charge is 0.257 e. The Bertz CT molecular complexity index is 691. The van der Waals surface area contributed by atoms with Crippen LogP contribution in [0.15, 0.2) is 42.5 Å². The Morgan fingerprint density at radius 3 is 2.39 bits per heavy atom. The highest BCUT2D eigenvalue weighted by molar-refractivity contribution is 6.34. The molecule has 1 saturated heterocycles. The van der Waals surface area contributed by atoms with Crippen LogP contribution in [0.4, 0.5) is 11.4 Å². The Morgan fingerprint density at radius 2 is 1.74 bits per heavy atom. The predicted octanol–water partition coefficient (Wildman–Crippen LogP) is 4.89. The highest BCUT2D eigenvalue weighted by atomic mass is 35.5. The minimum atomic E-state index is -0.180. The summed E-state index contributed by atoms with van der Waals surface area (Å²) in [5, 5.41) is 3.39. The molecule has 1 heterocycles. The Morgan fingerprint density at radius 1 is 1.04 bits per heavy atom. The van der Waals surface area contributed by atoms with Crippen molar-refractivity contribution in [2.45, 2.75) is 26.2 Å². The van der Waals surface area contributed by atoms with Gasteiger partial charge in [-0.05, 0) is 68.1 Å². The van der Waals surface area contributed by atoms with Gasteiger partial charge in [-0.3, -0.25) is 4.79 Å². The van der Waals surface area contributed by atoms with Crippen molar-refractivity contribution in [3.05, 3.63) is 58.6 Å². The number of amides is 1. The normalized spacial score (nSPS) is 14.6. The number of hydrogen-bond donors (Lipinski definition) is 1. The van der Waals surface area contributed by atoms with Gasteiger partial charge in [0.25, 0.3) is 5.91 Å². The molecular formula is C19H21ClN2O. The van der Waals surface area contributed by atoms with E-state index in [1.807, 2.05) is 25.1 Å². The van der Waals surface area contributed by atoms with E-state index in [9.17, 15) is 4.79 Å². The molecule has 1 fully saturated rings. The van der Waals surface area contributed by atoms with Gasteiger partial charge >= 0.3 is 0 Å². The average Bonchev–Trinajstić information content (AvgIpc) is 2.56. The zero-order valence-corrected chi connectivity index (χ0v) is 14.1. The van der Waals surface area contributed by atoms with Crippen LogP contribution in [0.2, 0.25) is 5.02 Å². The van der Waals surface area contributed by atoms with Crippen molar-refractivity contribution < 1.29 is 4.79 Å². The number of carbonyl (C=O) groups is 1. The molecule has 0 aliphatic carbocycles. The number of piperidine rings is 1. The Balaban J connectivity index is 1.69. The monoisotopic (exact) mass is 328 g/mol. The van der Waals surface area contributed by atoms with Crippen LogP contribution in [-0.2, 0) is 0 Å². The molecule has 3 rings (SSSR count). The molecule has 2 aromatic carbocycles. The third-order valence-corrected chi connectivity index (χ3v) is 4.53. The number of aryl methyl sites for hydroxylation is 1. The van der Waals surface area contributed by atoms with Crippen LogP contribution in [0.3, 0.4) is 0 Å². The van der Waals surface area contributed by atoms with Crippen LogP contribution in [-0.4, -0.2) is 19.0 Å². The molecule has 2 aromatic rings. The third kappa shape index (κ3) is 3.85. The van der Waals surface area contributed by atoms with Crippen molar-refractivity contribution in [2.24, 2.45) is 0 Å². The maximum atomic E-state index is 12.3. The van der Waals surface area contributed by atoms with Gasteiger partial charge in [0.1, 0.15) is 0 Å². The summed E-state index contributed by atoms with van der Waals surface area (Å²) in [6.07, 6.45) is 3.83. The first-order valence-corrected chi connectivity index (χ1v) is 8.44. The van der Waals surface area contributed by atoms with E-state index in [2.05, 4.69) is 22.3 Å². The van der Waals surface area contributed by atoms with Gasteiger partial charge in [-0.15, -0.1) is 0 Å². The van der Waals surface area contributed by atoms with Gasteiger partial charge < -0.3 is 10.2 Å². The van der Waals surface area contributed by atoms with Gasteiger partial charge in [-0.2, -0.15) is 0 Å². The summed E-state index contributed by atoms with van der Waals surface area (Å²) in [7, 11) is 0. The minimum absolute atomic E-state index is 0.180. The van der Waals surface area contributed by atoms with Crippen LogP contribution in [0.1, 0.15) is 35.2 Å². The zero-order valence-electron chi connectivity index (χ0n) is 13.3. The molecule has 1 aliphatic heterocycles. The number of nitrogens with one attached hydrogen (secondary N) is 1. The van der Waals surface area contributed by atoms with Crippen molar-refractivity contribution >= 4 is 28.9 Å². The summed E-state index contributed by atoms with van der Waals surface area (Å²) in [5.74, 6) is -0.180. The van der Waals surface area contributed by atoms with E-state index in [0.717, 1.165) is 24.3 Å². The van der Waals surface area contributed by atoms with Crippen LogP contribution in [0.5, 0.6) is 0 Å². The maximum Gasteiger partial charge on any atom is 0.257 e. The number of halogens is 1. The molecule has 0 atom stereocenters. The van der Waals surface area contributed by atoms with Gasteiger partial charge in [-0.25, -0.2) is 0 Å². The van der Waals surface area contributed by atoms with Crippen LogP contribution in [0.25, 0.3) is 0 Å².